The number of halogens is 2. The molecular weight excluding hydrogens is 357 g/mol. The molecule has 136 valence electrons. The van der Waals surface area contributed by atoms with Gasteiger partial charge in [-0.1, -0.05) is 29.8 Å². The zero-order valence-electron chi connectivity index (χ0n) is 14.3. The molecule has 0 spiro atoms. The Morgan fingerprint density at radius 3 is 2.32 bits per heavy atom. The number of nitrogens with zero attached hydrogens (tertiary/aromatic N) is 1. The van der Waals surface area contributed by atoms with Gasteiger partial charge in [-0.25, -0.2) is 0 Å². The fourth-order valence-corrected chi connectivity index (χ4v) is 3.00. The molecule has 1 aromatic heterocycles. The van der Waals surface area contributed by atoms with Crippen molar-refractivity contribution in [3.63, 3.8) is 0 Å². The van der Waals surface area contributed by atoms with Gasteiger partial charge in [0, 0.05) is 30.0 Å². The minimum absolute atomic E-state index is 0. The van der Waals surface area contributed by atoms with Crippen molar-refractivity contribution in [2.45, 2.75) is 44.7 Å². The summed E-state index contributed by atoms with van der Waals surface area (Å²) in [5.74, 6) is -0.0491. The first-order chi connectivity index (χ1) is 11.1. The fourth-order valence-electron chi connectivity index (χ4n) is 3.00. The summed E-state index contributed by atoms with van der Waals surface area (Å²) < 4.78 is 0. The zero-order chi connectivity index (χ0) is 16.2. The molecule has 0 saturated heterocycles. The number of aryl methyl sites for hydroxylation is 1. The number of nitrogens with two attached hydrogens (primary N) is 1. The van der Waals surface area contributed by atoms with E-state index < -0.39 is 0 Å². The largest absolute Gasteiger partial charge is 0.349 e. The minimum atomic E-state index is -0.0491. The lowest BCUT2D eigenvalue weighted by molar-refractivity contribution is 0.0925. The van der Waals surface area contributed by atoms with Crippen molar-refractivity contribution < 1.29 is 4.79 Å². The van der Waals surface area contributed by atoms with Crippen molar-refractivity contribution in [3.05, 3.63) is 53.9 Å². The predicted molar refractivity (Wildman–Crippen MR) is 107 cm³/mol. The lowest BCUT2D eigenvalue weighted by Gasteiger charge is -2.26. The Labute approximate surface area is 161 Å². The Bertz CT molecular complexity index is 683. The Hall–Kier alpha value is -1.62. The molecule has 25 heavy (non-hydrogen) atoms. The Kier molecular flexibility index (Phi) is 8.36. The highest BCUT2D eigenvalue weighted by atomic mass is 35.5. The van der Waals surface area contributed by atoms with E-state index in [0.717, 1.165) is 36.8 Å². The first-order valence-electron chi connectivity index (χ1n) is 8.20. The normalized spacial score (nSPS) is 19.3. The molecule has 0 aliphatic heterocycles. The number of pyridine rings is 1. The maximum absolute atomic E-state index is 12.4. The van der Waals surface area contributed by atoms with Crippen LogP contribution in [0.25, 0.3) is 11.1 Å². The van der Waals surface area contributed by atoms with Gasteiger partial charge >= 0.3 is 0 Å². The molecule has 4 nitrogen and oxygen atoms in total. The molecule has 3 N–H and O–H groups in total. The van der Waals surface area contributed by atoms with Crippen molar-refractivity contribution in [3.8, 4) is 11.1 Å². The van der Waals surface area contributed by atoms with Crippen molar-refractivity contribution >= 4 is 30.7 Å². The number of amides is 1. The molecule has 1 amide bonds. The van der Waals surface area contributed by atoms with E-state index in [0.29, 0.717) is 5.56 Å². The highest BCUT2D eigenvalue weighted by Gasteiger charge is 2.20. The summed E-state index contributed by atoms with van der Waals surface area (Å²) in [6.07, 6.45) is 7.29. The van der Waals surface area contributed by atoms with Gasteiger partial charge in [0.05, 0.1) is 5.56 Å². The van der Waals surface area contributed by atoms with E-state index in [1.54, 1.807) is 12.4 Å². The molecule has 1 aromatic carbocycles. The van der Waals surface area contributed by atoms with E-state index in [4.69, 9.17) is 5.73 Å². The second-order valence-corrected chi connectivity index (χ2v) is 6.41. The van der Waals surface area contributed by atoms with Crippen LogP contribution in [-0.4, -0.2) is 23.0 Å². The first-order valence-corrected chi connectivity index (χ1v) is 8.20. The van der Waals surface area contributed by atoms with Crippen molar-refractivity contribution in [2.24, 2.45) is 5.73 Å². The predicted octanol–water partition coefficient (Wildman–Crippen LogP) is 3.90. The second-order valence-electron chi connectivity index (χ2n) is 6.41. The molecule has 0 unspecified atom stereocenters. The third-order valence-corrected chi connectivity index (χ3v) is 4.49. The number of nitrogens with one attached hydrogen (secondary N) is 1. The number of hydrogen-bond acceptors (Lipinski definition) is 3. The molecule has 6 heteroatoms. The van der Waals surface area contributed by atoms with E-state index >= 15 is 0 Å². The summed E-state index contributed by atoms with van der Waals surface area (Å²) in [4.78, 5) is 16.7. The molecule has 0 radical (unpaired) electrons. The van der Waals surface area contributed by atoms with Gasteiger partial charge in [0.2, 0.25) is 0 Å². The van der Waals surface area contributed by atoms with Crippen LogP contribution in [0.15, 0.2) is 42.7 Å². The molecule has 0 bridgehead atoms. The van der Waals surface area contributed by atoms with Crippen LogP contribution in [0.2, 0.25) is 0 Å². The highest BCUT2D eigenvalue weighted by Crippen LogP contribution is 2.21. The maximum atomic E-state index is 12.4. The van der Waals surface area contributed by atoms with Gasteiger partial charge in [-0.15, -0.1) is 24.8 Å². The van der Waals surface area contributed by atoms with Gasteiger partial charge in [-0.2, -0.15) is 0 Å². The van der Waals surface area contributed by atoms with Crippen LogP contribution in [0, 0.1) is 6.92 Å². The molecular formula is C19H25Cl2N3O. The van der Waals surface area contributed by atoms with Crippen LogP contribution in [0.5, 0.6) is 0 Å². The molecule has 0 atom stereocenters. The van der Waals surface area contributed by atoms with E-state index in [1.165, 1.54) is 5.56 Å². The van der Waals surface area contributed by atoms with Gasteiger partial charge in [0.25, 0.3) is 5.91 Å². The van der Waals surface area contributed by atoms with Crippen LogP contribution in [0.3, 0.4) is 0 Å². The van der Waals surface area contributed by atoms with E-state index in [9.17, 15) is 4.79 Å². The van der Waals surface area contributed by atoms with Crippen molar-refractivity contribution in [1.82, 2.24) is 10.3 Å². The SMILES string of the molecule is Cc1ccc(-c2cncc(C(=O)NC3CCC(N)CC3)c2)cc1.Cl.Cl. The Morgan fingerprint density at radius 1 is 1.04 bits per heavy atom. The van der Waals surface area contributed by atoms with Crippen LogP contribution in [0.1, 0.15) is 41.6 Å². The third kappa shape index (κ3) is 5.70. The molecule has 1 saturated carbocycles. The molecule has 3 rings (SSSR count). The number of carbonyl (C=O) groups excluding carboxylic acids is 1. The highest BCUT2D eigenvalue weighted by molar-refractivity contribution is 5.95. The lowest BCUT2D eigenvalue weighted by Crippen LogP contribution is -2.40. The molecule has 1 aliphatic carbocycles. The van der Waals surface area contributed by atoms with Crippen LogP contribution in [-0.2, 0) is 0 Å². The van der Waals surface area contributed by atoms with Crippen molar-refractivity contribution in [2.75, 3.05) is 0 Å². The zero-order valence-corrected chi connectivity index (χ0v) is 15.9. The summed E-state index contributed by atoms with van der Waals surface area (Å²) in [6, 6.07) is 10.6. The molecule has 1 fully saturated rings. The number of hydrogen-bond donors (Lipinski definition) is 2. The van der Waals surface area contributed by atoms with Gasteiger partial charge in [-0.05, 0) is 44.2 Å². The summed E-state index contributed by atoms with van der Waals surface area (Å²) >= 11 is 0. The maximum Gasteiger partial charge on any atom is 0.253 e. The molecule has 1 heterocycles. The average molecular weight is 382 g/mol. The van der Waals surface area contributed by atoms with Gasteiger partial charge in [0.1, 0.15) is 0 Å². The first kappa shape index (κ1) is 21.4. The fraction of sp³-hybridized carbons (Fsp3) is 0.368. The summed E-state index contributed by atoms with van der Waals surface area (Å²) in [6.45, 7) is 2.06. The number of rotatable bonds is 3. The van der Waals surface area contributed by atoms with Gasteiger partial charge in [-0.3, -0.25) is 9.78 Å². The van der Waals surface area contributed by atoms with E-state index in [2.05, 4.69) is 41.5 Å². The quantitative estimate of drug-likeness (QED) is 0.846. The standard InChI is InChI=1S/C19H23N3O.2ClH/c1-13-2-4-14(5-3-13)15-10-16(12-21-11-15)19(23)22-18-8-6-17(20)7-9-18;;/h2-5,10-12,17-18H,6-9,20H2,1H3,(H,22,23);2*1H. The number of aromatic nitrogens is 1. The van der Waals surface area contributed by atoms with Crippen molar-refractivity contribution in [1.29, 1.82) is 0 Å². The smallest absolute Gasteiger partial charge is 0.253 e. The van der Waals surface area contributed by atoms with Gasteiger partial charge < -0.3 is 11.1 Å². The third-order valence-electron chi connectivity index (χ3n) is 4.49. The summed E-state index contributed by atoms with van der Waals surface area (Å²) in [5.41, 5.74) is 9.77. The van der Waals surface area contributed by atoms with Crippen LogP contribution < -0.4 is 11.1 Å². The minimum Gasteiger partial charge on any atom is -0.349 e. The molecule has 1 aliphatic rings. The monoisotopic (exact) mass is 381 g/mol. The average Bonchev–Trinajstić information content (AvgIpc) is 2.58. The van der Waals surface area contributed by atoms with Crippen LogP contribution in [0.4, 0.5) is 0 Å². The van der Waals surface area contributed by atoms with E-state index in [-0.39, 0.29) is 42.8 Å². The number of benzene rings is 1. The Balaban J connectivity index is 0.00000156. The van der Waals surface area contributed by atoms with Crippen LogP contribution >= 0.6 is 24.8 Å². The summed E-state index contributed by atoms with van der Waals surface area (Å²) in [5, 5.41) is 3.11. The molecule has 2 aromatic rings. The number of carbonyl (C=O) groups is 1. The second kappa shape index (κ2) is 9.76. The van der Waals surface area contributed by atoms with E-state index in [1.807, 2.05) is 6.07 Å². The lowest BCUT2D eigenvalue weighted by atomic mass is 9.91. The Morgan fingerprint density at radius 2 is 1.68 bits per heavy atom. The van der Waals surface area contributed by atoms with Gasteiger partial charge in [0.15, 0.2) is 0 Å². The topological polar surface area (TPSA) is 68.0 Å². The summed E-state index contributed by atoms with van der Waals surface area (Å²) in [7, 11) is 0.